The van der Waals surface area contributed by atoms with Crippen molar-refractivity contribution in [3.63, 3.8) is 0 Å². The van der Waals surface area contributed by atoms with Crippen LogP contribution >= 0.6 is 7.82 Å². The third-order valence-corrected chi connectivity index (χ3v) is 12.6. The van der Waals surface area contributed by atoms with E-state index in [0.29, 0.717) is 19.3 Å². The van der Waals surface area contributed by atoms with Gasteiger partial charge in [0.25, 0.3) is 0 Å². The highest BCUT2D eigenvalue weighted by atomic mass is 31.2. The van der Waals surface area contributed by atoms with E-state index in [1.54, 1.807) is 0 Å². The maximum Gasteiger partial charge on any atom is 0.472 e. The highest BCUT2D eigenvalue weighted by molar-refractivity contribution is 7.47. The zero-order chi connectivity index (χ0) is 51.3. The molecular formula is C58H101O11P. The lowest BCUT2D eigenvalue weighted by molar-refractivity contribution is -0.161. The largest absolute Gasteiger partial charge is 0.472 e. The molecule has 0 saturated heterocycles. The van der Waals surface area contributed by atoms with Crippen LogP contribution in [0.15, 0.2) is 72.9 Å². The highest BCUT2D eigenvalue weighted by Gasteiger charge is 2.28. The summed E-state index contributed by atoms with van der Waals surface area (Å²) < 4.78 is 39.4. The van der Waals surface area contributed by atoms with E-state index in [0.717, 1.165) is 109 Å². The number of hydrogen-bond donors (Lipinski definition) is 2. The summed E-state index contributed by atoms with van der Waals surface area (Å²) >= 11 is 0. The fourth-order valence-electron chi connectivity index (χ4n) is 7.44. The molecule has 11 nitrogen and oxygen atoms in total. The summed E-state index contributed by atoms with van der Waals surface area (Å²) in [6.45, 7) is 4.37. The molecule has 2 N–H and O–H groups in total. The molecule has 70 heavy (non-hydrogen) atoms. The number of unbranched alkanes of at least 4 members (excludes halogenated alkanes) is 22. The van der Waals surface area contributed by atoms with Crippen LogP contribution in [0.2, 0.25) is 0 Å². The SMILES string of the molecule is CC/C=C\C/C=C\C/C=C\CCCCCCCC(=O)OC(COC(=O)CCCCC/C=C\C/C=C\C/C=C\CC)COP(=O)(O)OCC(CO)OC(=O)CCCCCCCCCCCCCCCCC. The molecule has 0 aromatic heterocycles. The normalized spacial score (nSPS) is 14.0. The smallest absolute Gasteiger partial charge is 0.462 e. The Bertz CT molecular complexity index is 1450. The van der Waals surface area contributed by atoms with Gasteiger partial charge in [-0.2, -0.15) is 0 Å². The van der Waals surface area contributed by atoms with Gasteiger partial charge in [0.2, 0.25) is 0 Å². The second-order valence-corrected chi connectivity index (χ2v) is 19.8. The number of aliphatic hydroxyl groups is 1. The van der Waals surface area contributed by atoms with Crippen molar-refractivity contribution in [3.05, 3.63) is 72.9 Å². The lowest BCUT2D eigenvalue weighted by Crippen LogP contribution is -2.30. The minimum atomic E-state index is -4.76. The van der Waals surface area contributed by atoms with Crippen LogP contribution in [0, 0.1) is 0 Å². The van der Waals surface area contributed by atoms with Crippen molar-refractivity contribution in [2.45, 2.75) is 251 Å². The van der Waals surface area contributed by atoms with Gasteiger partial charge in [0.05, 0.1) is 19.8 Å². The molecule has 0 bridgehead atoms. The lowest BCUT2D eigenvalue weighted by Gasteiger charge is -2.21. The number of carbonyl (C=O) groups excluding carboxylic acids is 3. The first kappa shape index (κ1) is 66.9. The Morgan fingerprint density at radius 3 is 1.16 bits per heavy atom. The van der Waals surface area contributed by atoms with Gasteiger partial charge in [-0.25, -0.2) is 4.57 Å². The van der Waals surface area contributed by atoms with E-state index in [4.69, 9.17) is 23.3 Å². The molecule has 0 radical (unpaired) electrons. The summed E-state index contributed by atoms with van der Waals surface area (Å²) in [4.78, 5) is 48.4. The van der Waals surface area contributed by atoms with Gasteiger partial charge in [-0.3, -0.25) is 23.4 Å². The van der Waals surface area contributed by atoms with Crippen LogP contribution in [0.3, 0.4) is 0 Å². The molecule has 0 saturated carbocycles. The first-order valence-corrected chi connectivity index (χ1v) is 29.3. The van der Waals surface area contributed by atoms with Crippen molar-refractivity contribution in [2.24, 2.45) is 0 Å². The second kappa shape index (κ2) is 52.2. The summed E-state index contributed by atoms with van der Waals surface area (Å²) in [5, 5.41) is 9.80. The highest BCUT2D eigenvalue weighted by Crippen LogP contribution is 2.43. The van der Waals surface area contributed by atoms with Crippen molar-refractivity contribution in [1.82, 2.24) is 0 Å². The van der Waals surface area contributed by atoms with Gasteiger partial charge in [0.15, 0.2) is 6.10 Å². The van der Waals surface area contributed by atoms with E-state index in [1.807, 2.05) is 0 Å². The molecular weight excluding hydrogens is 904 g/mol. The van der Waals surface area contributed by atoms with Gasteiger partial charge in [-0.05, 0) is 83.5 Å². The average Bonchev–Trinajstić information content (AvgIpc) is 3.35. The number of carbonyl (C=O) groups is 3. The van der Waals surface area contributed by atoms with Crippen molar-refractivity contribution in [3.8, 4) is 0 Å². The Morgan fingerprint density at radius 1 is 0.414 bits per heavy atom. The monoisotopic (exact) mass is 1000 g/mol. The molecule has 0 aromatic carbocycles. The van der Waals surface area contributed by atoms with E-state index >= 15 is 0 Å². The lowest BCUT2D eigenvalue weighted by atomic mass is 10.0. The molecule has 0 aliphatic heterocycles. The number of esters is 3. The van der Waals surface area contributed by atoms with Crippen LogP contribution in [-0.2, 0) is 42.2 Å². The second-order valence-electron chi connectivity index (χ2n) is 18.3. The molecule has 0 spiro atoms. The van der Waals surface area contributed by atoms with Crippen LogP contribution in [0.1, 0.15) is 239 Å². The van der Waals surface area contributed by atoms with Crippen molar-refractivity contribution in [2.75, 3.05) is 26.4 Å². The zero-order valence-electron chi connectivity index (χ0n) is 44.5. The standard InChI is InChI=1S/C58H101O11P/c1-4-7-10-13-16-19-22-25-27-30-33-36-39-42-45-48-57(61)68-54(50-59)52-66-70(63,64)67-53-55(51-65-56(60)47-44-41-38-35-32-29-24-21-18-15-12-9-6-3)69-58(62)49-46-43-40-37-34-31-28-26-23-20-17-14-11-8-5-2/h8-9,11-12,17-18,20-21,26,28-29,32,54-55,59H,4-7,10,13-16,19,22-25,27,30-31,33-53H2,1-3H3,(H,63,64)/b11-8-,12-9-,20-17-,21-18-,28-26-,32-29-. The maximum absolute atomic E-state index is 12.9. The van der Waals surface area contributed by atoms with Crippen molar-refractivity contribution >= 4 is 25.7 Å². The van der Waals surface area contributed by atoms with Crippen molar-refractivity contribution < 1.29 is 52.2 Å². The van der Waals surface area contributed by atoms with Gasteiger partial charge >= 0.3 is 25.7 Å². The van der Waals surface area contributed by atoms with Gasteiger partial charge in [-0.15, -0.1) is 0 Å². The number of ether oxygens (including phenoxy) is 3. The molecule has 0 rings (SSSR count). The number of rotatable bonds is 51. The van der Waals surface area contributed by atoms with Gasteiger partial charge in [0, 0.05) is 19.3 Å². The van der Waals surface area contributed by atoms with E-state index in [2.05, 4.69) is 93.7 Å². The first-order valence-electron chi connectivity index (χ1n) is 27.8. The molecule has 0 aromatic rings. The number of phosphoric ester groups is 1. The number of aliphatic hydroxyl groups excluding tert-OH is 1. The Kier molecular flexibility index (Phi) is 50.0. The molecule has 0 fully saturated rings. The van der Waals surface area contributed by atoms with Crippen LogP contribution in [-0.4, -0.2) is 66.5 Å². The topological polar surface area (TPSA) is 155 Å². The molecule has 3 atom stereocenters. The summed E-state index contributed by atoms with van der Waals surface area (Å²) in [6, 6.07) is 0. The number of hydrogen-bond acceptors (Lipinski definition) is 10. The molecule has 0 aliphatic carbocycles. The molecule has 3 unspecified atom stereocenters. The minimum absolute atomic E-state index is 0.140. The fraction of sp³-hybridized carbons (Fsp3) is 0.741. The molecule has 0 heterocycles. The summed E-state index contributed by atoms with van der Waals surface area (Å²) in [5.41, 5.74) is 0. The van der Waals surface area contributed by atoms with Crippen LogP contribution < -0.4 is 0 Å². The van der Waals surface area contributed by atoms with Crippen LogP contribution in [0.5, 0.6) is 0 Å². The van der Waals surface area contributed by atoms with Crippen LogP contribution in [0.4, 0.5) is 0 Å². The molecule has 12 heteroatoms. The van der Waals surface area contributed by atoms with E-state index in [-0.39, 0.29) is 25.9 Å². The van der Waals surface area contributed by atoms with Gasteiger partial charge in [0.1, 0.15) is 12.7 Å². The van der Waals surface area contributed by atoms with Crippen LogP contribution in [0.25, 0.3) is 0 Å². The third kappa shape index (κ3) is 49.9. The number of phosphoric acid groups is 1. The van der Waals surface area contributed by atoms with E-state index < -0.39 is 57.8 Å². The van der Waals surface area contributed by atoms with Gasteiger partial charge in [-0.1, -0.05) is 209 Å². The zero-order valence-corrected chi connectivity index (χ0v) is 45.4. The third-order valence-electron chi connectivity index (χ3n) is 11.6. The number of allylic oxidation sites excluding steroid dienone is 12. The Morgan fingerprint density at radius 2 is 0.743 bits per heavy atom. The van der Waals surface area contributed by atoms with Gasteiger partial charge < -0.3 is 24.2 Å². The maximum atomic E-state index is 12.9. The van der Waals surface area contributed by atoms with E-state index in [1.165, 1.54) is 70.6 Å². The summed E-state index contributed by atoms with van der Waals surface area (Å²) in [6.07, 6.45) is 57.2. The predicted molar refractivity (Wildman–Crippen MR) is 288 cm³/mol. The average molecular weight is 1010 g/mol. The Labute approximate surface area is 427 Å². The quantitative estimate of drug-likeness (QED) is 0.0197. The molecule has 0 aliphatic rings. The first-order chi connectivity index (χ1) is 34.2. The minimum Gasteiger partial charge on any atom is -0.462 e. The van der Waals surface area contributed by atoms with E-state index in [9.17, 15) is 28.9 Å². The predicted octanol–water partition coefficient (Wildman–Crippen LogP) is 16.1. The molecule has 404 valence electrons. The fourth-order valence-corrected chi connectivity index (χ4v) is 8.23. The van der Waals surface area contributed by atoms with Crippen molar-refractivity contribution in [1.29, 1.82) is 0 Å². The summed E-state index contributed by atoms with van der Waals surface area (Å²) in [7, 11) is -4.76. The Hall–Kier alpha value is -3.08. The summed E-state index contributed by atoms with van der Waals surface area (Å²) in [5.74, 6) is -1.52. The molecule has 0 amide bonds. The Balaban J connectivity index is 4.75.